The molecule has 1 amide bonds. The third kappa shape index (κ3) is 2.22. The highest BCUT2D eigenvalue weighted by atomic mass is 16.1. The number of amides is 1. The van der Waals surface area contributed by atoms with E-state index in [4.69, 9.17) is 0 Å². The molecule has 2 aliphatic rings. The van der Waals surface area contributed by atoms with Crippen molar-refractivity contribution in [3.05, 3.63) is 33.4 Å². The SMILES string of the molecule is CC(=O)Nc1cc(C2CC2)nn1-c1nc2c(c(=O)[nH]1)CCC2. The number of hydrogen-bond acceptors (Lipinski definition) is 4. The predicted octanol–water partition coefficient (Wildman–Crippen LogP) is 1.28. The first kappa shape index (κ1) is 13.2. The topological polar surface area (TPSA) is 92.7 Å². The van der Waals surface area contributed by atoms with Gasteiger partial charge >= 0.3 is 0 Å². The summed E-state index contributed by atoms with van der Waals surface area (Å²) in [5, 5.41) is 7.29. The van der Waals surface area contributed by atoms with Gasteiger partial charge in [-0.2, -0.15) is 9.78 Å². The summed E-state index contributed by atoms with van der Waals surface area (Å²) in [4.78, 5) is 30.9. The molecule has 7 heteroatoms. The summed E-state index contributed by atoms with van der Waals surface area (Å²) in [6.07, 6.45) is 4.79. The quantitative estimate of drug-likeness (QED) is 0.893. The van der Waals surface area contributed by atoms with Crippen LogP contribution < -0.4 is 10.9 Å². The molecule has 0 radical (unpaired) electrons. The largest absolute Gasteiger partial charge is 0.311 e. The number of carbonyl (C=O) groups excluding carboxylic acids is 1. The monoisotopic (exact) mass is 299 g/mol. The van der Waals surface area contributed by atoms with E-state index in [0.29, 0.717) is 17.7 Å². The van der Waals surface area contributed by atoms with Crippen molar-refractivity contribution in [1.29, 1.82) is 0 Å². The molecule has 2 aliphatic carbocycles. The van der Waals surface area contributed by atoms with Gasteiger partial charge in [0.05, 0.1) is 11.4 Å². The van der Waals surface area contributed by atoms with Crippen LogP contribution in [0.5, 0.6) is 0 Å². The number of carbonyl (C=O) groups is 1. The zero-order valence-electron chi connectivity index (χ0n) is 12.3. The Hall–Kier alpha value is -2.44. The minimum Gasteiger partial charge on any atom is -0.311 e. The molecule has 0 unspecified atom stereocenters. The first-order valence-electron chi connectivity index (χ1n) is 7.62. The molecular formula is C15H17N5O2. The second kappa shape index (κ2) is 4.79. The van der Waals surface area contributed by atoms with Crippen LogP contribution in [-0.2, 0) is 17.6 Å². The van der Waals surface area contributed by atoms with Crippen molar-refractivity contribution in [3.8, 4) is 5.95 Å². The van der Waals surface area contributed by atoms with E-state index in [1.165, 1.54) is 11.6 Å². The van der Waals surface area contributed by atoms with Crippen molar-refractivity contribution in [2.75, 3.05) is 5.32 Å². The molecule has 2 aromatic heterocycles. The van der Waals surface area contributed by atoms with E-state index in [2.05, 4.69) is 20.4 Å². The summed E-state index contributed by atoms with van der Waals surface area (Å²) in [5.41, 5.74) is 2.46. The zero-order chi connectivity index (χ0) is 15.3. The fourth-order valence-corrected chi connectivity index (χ4v) is 2.94. The van der Waals surface area contributed by atoms with Crippen molar-refractivity contribution in [1.82, 2.24) is 19.7 Å². The molecule has 0 spiro atoms. The van der Waals surface area contributed by atoms with Crippen LogP contribution in [0.15, 0.2) is 10.9 Å². The third-order valence-corrected chi connectivity index (χ3v) is 4.16. The molecule has 0 bridgehead atoms. The van der Waals surface area contributed by atoms with Gasteiger partial charge < -0.3 is 5.32 Å². The molecular weight excluding hydrogens is 282 g/mol. The van der Waals surface area contributed by atoms with E-state index in [1.54, 1.807) is 0 Å². The number of aromatic amines is 1. The normalized spacial score (nSPS) is 16.6. The Bertz CT molecular complexity index is 816. The number of hydrogen-bond donors (Lipinski definition) is 2. The maximum Gasteiger partial charge on any atom is 0.255 e. The van der Waals surface area contributed by atoms with Crippen LogP contribution in [-0.4, -0.2) is 25.7 Å². The van der Waals surface area contributed by atoms with Crippen LogP contribution in [0.4, 0.5) is 5.82 Å². The lowest BCUT2D eigenvalue weighted by Gasteiger charge is -2.07. The molecule has 0 atom stereocenters. The van der Waals surface area contributed by atoms with Crippen LogP contribution in [0, 0.1) is 0 Å². The molecule has 7 nitrogen and oxygen atoms in total. The van der Waals surface area contributed by atoms with Gasteiger partial charge in [-0.15, -0.1) is 0 Å². The highest BCUT2D eigenvalue weighted by Crippen LogP contribution is 2.40. The Morgan fingerprint density at radius 2 is 2.23 bits per heavy atom. The van der Waals surface area contributed by atoms with E-state index in [9.17, 15) is 9.59 Å². The molecule has 0 saturated heterocycles. The van der Waals surface area contributed by atoms with Crippen LogP contribution in [0.2, 0.25) is 0 Å². The number of H-pyrrole nitrogens is 1. The van der Waals surface area contributed by atoms with Gasteiger partial charge in [0.25, 0.3) is 5.56 Å². The Morgan fingerprint density at radius 1 is 1.41 bits per heavy atom. The molecule has 1 fully saturated rings. The molecule has 0 aromatic carbocycles. The van der Waals surface area contributed by atoms with Gasteiger partial charge in [-0.1, -0.05) is 0 Å². The molecule has 2 N–H and O–H groups in total. The average Bonchev–Trinajstić information content (AvgIpc) is 3.05. The van der Waals surface area contributed by atoms with E-state index in [0.717, 1.165) is 49.1 Å². The molecule has 114 valence electrons. The summed E-state index contributed by atoms with van der Waals surface area (Å²) in [5.74, 6) is 1.21. The zero-order valence-corrected chi connectivity index (χ0v) is 12.3. The first-order valence-corrected chi connectivity index (χ1v) is 7.62. The maximum absolute atomic E-state index is 12.2. The fraction of sp³-hybridized carbons (Fsp3) is 0.467. The second-order valence-corrected chi connectivity index (χ2v) is 5.99. The minimum atomic E-state index is -0.174. The number of aromatic nitrogens is 4. The van der Waals surface area contributed by atoms with Gasteiger partial charge in [0.1, 0.15) is 5.82 Å². The molecule has 0 aliphatic heterocycles. The Balaban J connectivity index is 1.82. The van der Waals surface area contributed by atoms with Crippen molar-refractivity contribution in [2.45, 2.75) is 44.9 Å². The number of rotatable bonds is 3. The Labute approximate surface area is 126 Å². The van der Waals surface area contributed by atoms with Gasteiger partial charge in [-0.25, -0.2) is 4.98 Å². The number of nitrogens with one attached hydrogen (secondary N) is 2. The first-order chi connectivity index (χ1) is 10.6. The number of anilines is 1. The van der Waals surface area contributed by atoms with Gasteiger partial charge in [-0.05, 0) is 32.1 Å². The summed E-state index contributed by atoms with van der Waals surface area (Å²) in [6, 6.07) is 1.87. The predicted molar refractivity (Wildman–Crippen MR) is 80.3 cm³/mol. The van der Waals surface area contributed by atoms with E-state index >= 15 is 0 Å². The van der Waals surface area contributed by atoms with E-state index in [1.807, 2.05) is 6.07 Å². The second-order valence-electron chi connectivity index (χ2n) is 5.99. The summed E-state index contributed by atoms with van der Waals surface area (Å²) >= 11 is 0. The van der Waals surface area contributed by atoms with Crippen LogP contribution >= 0.6 is 0 Å². The standard InChI is InChI=1S/C15H17N5O2/c1-8(21)16-13-7-12(9-5-6-9)19-20(13)15-17-11-4-2-3-10(11)14(22)18-15/h7,9H,2-6H2,1H3,(H,16,21)(H,17,18,22). The van der Waals surface area contributed by atoms with Crippen LogP contribution in [0.1, 0.15) is 49.1 Å². The van der Waals surface area contributed by atoms with Crippen molar-refractivity contribution in [2.24, 2.45) is 0 Å². The van der Waals surface area contributed by atoms with Crippen LogP contribution in [0.25, 0.3) is 5.95 Å². The van der Waals surface area contributed by atoms with E-state index in [-0.39, 0.29) is 11.5 Å². The third-order valence-electron chi connectivity index (χ3n) is 4.16. The van der Waals surface area contributed by atoms with Crippen LogP contribution in [0.3, 0.4) is 0 Å². The lowest BCUT2D eigenvalue weighted by Crippen LogP contribution is -2.20. The molecule has 2 heterocycles. The Kier molecular flexibility index (Phi) is 2.88. The highest BCUT2D eigenvalue weighted by Gasteiger charge is 2.28. The molecule has 2 aromatic rings. The van der Waals surface area contributed by atoms with Crippen molar-refractivity contribution < 1.29 is 4.79 Å². The molecule has 4 rings (SSSR count). The summed E-state index contributed by atoms with van der Waals surface area (Å²) in [6.45, 7) is 1.45. The summed E-state index contributed by atoms with van der Waals surface area (Å²) < 4.78 is 1.54. The molecule has 22 heavy (non-hydrogen) atoms. The maximum atomic E-state index is 12.2. The summed E-state index contributed by atoms with van der Waals surface area (Å²) in [7, 11) is 0. The van der Waals surface area contributed by atoms with Gasteiger partial charge in [0.2, 0.25) is 11.9 Å². The Morgan fingerprint density at radius 3 is 2.95 bits per heavy atom. The average molecular weight is 299 g/mol. The smallest absolute Gasteiger partial charge is 0.255 e. The van der Waals surface area contributed by atoms with Crippen molar-refractivity contribution >= 4 is 11.7 Å². The number of aryl methyl sites for hydroxylation is 1. The number of fused-ring (bicyclic) bond motifs is 1. The minimum absolute atomic E-state index is 0.102. The number of nitrogens with zero attached hydrogens (tertiary/aromatic N) is 3. The highest BCUT2D eigenvalue weighted by molar-refractivity contribution is 5.88. The van der Waals surface area contributed by atoms with Gasteiger partial charge in [0.15, 0.2) is 0 Å². The molecule has 1 saturated carbocycles. The van der Waals surface area contributed by atoms with Crippen molar-refractivity contribution in [3.63, 3.8) is 0 Å². The van der Waals surface area contributed by atoms with Gasteiger partial charge in [-0.3, -0.25) is 14.6 Å². The van der Waals surface area contributed by atoms with Gasteiger partial charge in [0, 0.05) is 24.5 Å². The van der Waals surface area contributed by atoms with E-state index < -0.39 is 0 Å². The fourth-order valence-electron chi connectivity index (χ4n) is 2.94. The lowest BCUT2D eigenvalue weighted by molar-refractivity contribution is -0.114. The lowest BCUT2D eigenvalue weighted by atomic mass is 10.3.